The highest BCUT2D eigenvalue weighted by Gasteiger charge is 2.10. The molecule has 2 N–H and O–H groups in total. The van der Waals surface area contributed by atoms with Crippen LogP contribution in [0.3, 0.4) is 0 Å². The molecule has 0 heterocycles. The van der Waals surface area contributed by atoms with Crippen LogP contribution in [-0.4, -0.2) is 19.0 Å². The monoisotopic (exact) mass is 230 g/mol. The lowest BCUT2D eigenvalue weighted by atomic mass is 10.0. The number of carbonyl (C=O) groups is 1. The van der Waals surface area contributed by atoms with Crippen LogP contribution in [0, 0.1) is 19.3 Å². The number of nitrogens with one attached hydrogen (secondary N) is 2. The van der Waals surface area contributed by atoms with Gasteiger partial charge in [0.15, 0.2) is 0 Å². The molecule has 1 unspecified atom stereocenters. The van der Waals surface area contributed by atoms with Gasteiger partial charge < -0.3 is 5.32 Å². The first-order chi connectivity index (χ1) is 8.15. The number of rotatable bonds is 5. The fraction of sp³-hybridized carbons (Fsp3) is 0.357. The first kappa shape index (κ1) is 13.3. The van der Waals surface area contributed by atoms with Crippen molar-refractivity contribution < 1.29 is 4.79 Å². The molecule has 0 aliphatic carbocycles. The Bertz CT molecular complexity index is 420. The van der Waals surface area contributed by atoms with Gasteiger partial charge in [0.25, 0.3) is 0 Å². The molecule has 1 amide bonds. The summed E-state index contributed by atoms with van der Waals surface area (Å²) in [6.45, 7) is 4.67. The van der Waals surface area contributed by atoms with Gasteiger partial charge in [-0.1, -0.05) is 30.2 Å². The predicted octanol–water partition coefficient (Wildman–Crippen LogP) is 1.40. The van der Waals surface area contributed by atoms with Gasteiger partial charge >= 0.3 is 0 Å². The average molecular weight is 230 g/mol. The zero-order valence-electron chi connectivity index (χ0n) is 10.3. The van der Waals surface area contributed by atoms with Crippen molar-refractivity contribution in [3.8, 4) is 12.3 Å². The van der Waals surface area contributed by atoms with E-state index in [0.29, 0.717) is 6.54 Å². The minimum atomic E-state index is -0.0454. The Morgan fingerprint density at radius 1 is 1.47 bits per heavy atom. The summed E-state index contributed by atoms with van der Waals surface area (Å²) < 4.78 is 0. The number of carbonyl (C=O) groups excluding carboxylic acids is 1. The fourth-order valence-electron chi connectivity index (χ4n) is 1.69. The van der Waals surface area contributed by atoms with Crippen LogP contribution in [0.1, 0.15) is 24.1 Å². The lowest BCUT2D eigenvalue weighted by Crippen LogP contribution is -2.35. The SMILES string of the molecule is C#CCNCC(=O)NC(C)c1ccccc1C. The molecular formula is C14H18N2O. The van der Waals surface area contributed by atoms with Crippen LogP contribution in [0.4, 0.5) is 0 Å². The molecule has 3 nitrogen and oxygen atoms in total. The van der Waals surface area contributed by atoms with E-state index in [1.165, 1.54) is 5.56 Å². The fourth-order valence-corrected chi connectivity index (χ4v) is 1.69. The molecule has 0 saturated heterocycles. The van der Waals surface area contributed by atoms with Crippen LogP contribution in [0.15, 0.2) is 24.3 Å². The molecule has 0 saturated carbocycles. The molecule has 0 fully saturated rings. The van der Waals surface area contributed by atoms with Gasteiger partial charge in [0, 0.05) is 0 Å². The first-order valence-corrected chi connectivity index (χ1v) is 5.64. The van der Waals surface area contributed by atoms with E-state index in [1.54, 1.807) is 0 Å². The molecule has 17 heavy (non-hydrogen) atoms. The van der Waals surface area contributed by atoms with Crippen LogP contribution in [0.25, 0.3) is 0 Å². The van der Waals surface area contributed by atoms with E-state index in [4.69, 9.17) is 6.42 Å². The third-order valence-electron chi connectivity index (χ3n) is 2.55. The van der Waals surface area contributed by atoms with E-state index in [1.807, 2.05) is 38.1 Å². The summed E-state index contributed by atoms with van der Waals surface area (Å²) in [5.41, 5.74) is 2.31. The minimum Gasteiger partial charge on any atom is -0.348 e. The molecule has 0 aliphatic rings. The van der Waals surface area contributed by atoms with E-state index < -0.39 is 0 Å². The molecule has 90 valence electrons. The average Bonchev–Trinajstić information content (AvgIpc) is 2.29. The van der Waals surface area contributed by atoms with Crippen LogP contribution >= 0.6 is 0 Å². The molecule has 1 aromatic rings. The Morgan fingerprint density at radius 3 is 2.82 bits per heavy atom. The Hall–Kier alpha value is -1.79. The third kappa shape index (κ3) is 4.29. The summed E-state index contributed by atoms with van der Waals surface area (Å²) in [5.74, 6) is 2.38. The van der Waals surface area contributed by atoms with Gasteiger partial charge in [-0.15, -0.1) is 6.42 Å². The molecule has 0 spiro atoms. The molecule has 0 aromatic heterocycles. The second-order valence-corrected chi connectivity index (χ2v) is 3.95. The van der Waals surface area contributed by atoms with Crippen molar-refractivity contribution in [3.63, 3.8) is 0 Å². The van der Waals surface area contributed by atoms with Gasteiger partial charge in [0.05, 0.1) is 19.1 Å². The van der Waals surface area contributed by atoms with Gasteiger partial charge in [0.2, 0.25) is 5.91 Å². The molecular weight excluding hydrogens is 212 g/mol. The van der Waals surface area contributed by atoms with E-state index in [0.717, 1.165) is 5.56 Å². The van der Waals surface area contributed by atoms with Crippen LogP contribution in [0.2, 0.25) is 0 Å². The second kappa shape index (κ2) is 6.72. The van der Waals surface area contributed by atoms with Crippen molar-refractivity contribution in [1.29, 1.82) is 0 Å². The van der Waals surface area contributed by atoms with Gasteiger partial charge in [-0.2, -0.15) is 0 Å². The van der Waals surface area contributed by atoms with Crippen molar-refractivity contribution in [2.24, 2.45) is 0 Å². The minimum absolute atomic E-state index is 0.0105. The maximum Gasteiger partial charge on any atom is 0.234 e. The molecule has 0 aliphatic heterocycles. The van der Waals surface area contributed by atoms with E-state index in [-0.39, 0.29) is 18.5 Å². The molecule has 1 rings (SSSR count). The van der Waals surface area contributed by atoms with E-state index in [9.17, 15) is 4.79 Å². The van der Waals surface area contributed by atoms with Gasteiger partial charge in [0.1, 0.15) is 0 Å². The van der Waals surface area contributed by atoms with Crippen molar-refractivity contribution in [2.75, 3.05) is 13.1 Å². The van der Waals surface area contributed by atoms with Gasteiger partial charge in [-0.3, -0.25) is 10.1 Å². The number of terminal acetylenes is 1. The summed E-state index contributed by atoms with van der Waals surface area (Å²) in [4.78, 5) is 11.6. The summed E-state index contributed by atoms with van der Waals surface area (Å²) in [6, 6.07) is 8.03. The van der Waals surface area contributed by atoms with Crippen molar-refractivity contribution >= 4 is 5.91 Å². The first-order valence-electron chi connectivity index (χ1n) is 5.64. The topological polar surface area (TPSA) is 41.1 Å². The Labute approximate surface area is 103 Å². The largest absolute Gasteiger partial charge is 0.348 e. The maximum atomic E-state index is 11.6. The highest BCUT2D eigenvalue weighted by Crippen LogP contribution is 2.16. The van der Waals surface area contributed by atoms with Crippen LogP contribution in [0.5, 0.6) is 0 Å². The highest BCUT2D eigenvalue weighted by molar-refractivity contribution is 5.78. The van der Waals surface area contributed by atoms with Crippen LogP contribution < -0.4 is 10.6 Å². The number of amides is 1. The predicted molar refractivity (Wildman–Crippen MR) is 69.4 cm³/mol. The smallest absolute Gasteiger partial charge is 0.234 e. The Morgan fingerprint density at radius 2 is 2.18 bits per heavy atom. The maximum absolute atomic E-state index is 11.6. The normalized spacial score (nSPS) is 11.6. The highest BCUT2D eigenvalue weighted by atomic mass is 16.1. The lowest BCUT2D eigenvalue weighted by Gasteiger charge is -2.16. The molecule has 0 radical (unpaired) electrons. The second-order valence-electron chi connectivity index (χ2n) is 3.95. The zero-order valence-corrected chi connectivity index (χ0v) is 10.3. The molecule has 1 aromatic carbocycles. The quantitative estimate of drug-likeness (QED) is 0.593. The summed E-state index contributed by atoms with van der Waals surface area (Å²) in [7, 11) is 0. The molecule has 1 atom stereocenters. The summed E-state index contributed by atoms with van der Waals surface area (Å²) in [5, 5.41) is 5.78. The van der Waals surface area contributed by atoms with E-state index in [2.05, 4.69) is 16.6 Å². The summed E-state index contributed by atoms with van der Waals surface area (Å²) in [6.07, 6.45) is 5.08. The number of hydrogen-bond donors (Lipinski definition) is 2. The third-order valence-corrected chi connectivity index (χ3v) is 2.55. The molecule has 0 bridgehead atoms. The van der Waals surface area contributed by atoms with Crippen molar-refractivity contribution in [3.05, 3.63) is 35.4 Å². The standard InChI is InChI=1S/C14H18N2O/c1-4-9-15-10-14(17)16-12(3)13-8-6-5-7-11(13)2/h1,5-8,12,15H,9-10H2,2-3H3,(H,16,17). The lowest BCUT2D eigenvalue weighted by molar-refractivity contribution is -0.120. The number of hydrogen-bond acceptors (Lipinski definition) is 2. The summed E-state index contributed by atoms with van der Waals surface area (Å²) >= 11 is 0. The van der Waals surface area contributed by atoms with Gasteiger partial charge in [-0.25, -0.2) is 0 Å². The Kier molecular flexibility index (Phi) is 5.25. The molecule has 3 heteroatoms. The van der Waals surface area contributed by atoms with Gasteiger partial charge in [-0.05, 0) is 25.0 Å². The van der Waals surface area contributed by atoms with E-state index >= 15 is 0 Å². The number of aryl methyl sites for hydroxylation is 1. The zero-order chi connectivity index (χ0) is 12.7. The van der Waals surface area contributed by atoms with Crippen molar-refractivity contribution in [2.45, 2.75) is 19.9 Å². The van der Waals surface area contributed by atoms with Crippen LogP contribution in [-0.2, 0) is 4.79 Å². The number of benzene rings is 1. The van der Waals surface area contributed by atoms with Crippen molar-refractivity contribution in [1.82, 2.24) is 10.6 Å². The Balaban J connectivity index is 2.50.